The molecule has 0 saturated carbocycles. The summed E-state index contributed by atoms with van der Waals surface area (Å²) in [5, 5.41) is 11.5. The Kier molecular flexibility index (Phi) is 5.89. The lowest BCUT2D eigenvalue weighted by Crippen LogP contribution is -2.38. The van der Waals surface area contributed by atoms with E-state index in [1.54, 1.807) is 0 Å². The number of nitrogens with one attached hydrogen (secondary N) is 1. The Bertz CT molecular complexity index is 525. The lowest BCUT2D eigenvalue weighted by atomic mass is 9.84. The minimum absolute atomic E-state index is 0.168. The molecule has 0 heterocycles. The van der Waals surface area contributed by atoms with Gasteiger partial charge in [0.25, 0.3) is 5.91 Å². The van der Waals surface area contributed by atoms with Crippen molar-refractivity contribution in [2.45, 2.75) is 26.7 Å². The maximum atomic E-state index is 13.6. The minimum Gasteiger partial charge on any atom is -0.503 e. The van der Waals surface area contributed by atoms with Gasteiger partial charge in [-0.15, -0.1) is 11.6 Å². The van der Waals surface area contributed by atoms with Crippen molar-refractivity contribution in [3.63, 3.8) is 0 Å². The average molecular weight is 324 g/mol. The van der Waals surface area contributed by atoms with Gasteiger partial charge in [-0.05, 0) is 18.9 Å². The molecule has 2 N–H and O–H groups in total. The van der Waals surface area contributed by atoms with Gasteiger partial charge in [0, 0.05) is 17.8 Å². The minimum atomic E-state index is -1.72. The smallest absolute Gasteiger partial charge is 0.254 e. The summed E-state index contributed by atoms with van der Waals surface area (Å²) in [7, 11) is 0. The molecule has 1 aromatic rings. The van der Waals surface area contributed by atoms with Crippen molar-refractivity contribution in [3.05, 3.63) is 29.1 Å². The van der Waals surface area contributed by atoms with E-state index in [1.807, 2.05) is 13.8 Å². The molecule has 3 nitrogen and oxygen atoms in total. The highest BCUT2D eigenvalue weighted by Crippen LogP contribution is 2.28. The number of halogens is 4. The molecular weight excluding hydrogens is 307 g/mol. The van der Waals surface area contributed by atoms with E-state index in [2.05, 4.69) is 5.32 Å². The van der Waals surface area contributed by atoms with Gasteiger partial charge in [0.2, 0.25) is 5.82 Å². The van der Waals surface area contributed by atoms with Crippen LogP contribution in [0, 0.1) is 22.9 Å². The SMILES string of the molecule is CCC(CC)(CCl)CNC(=O)c1cc(F)c(F)c(O)c1F. The lowest BCUT2D eigenvalue weighted by Gasteiger charge is -2.29. The molecule has 0 radical (unpaired) electrons. The number of hydrogen-bond acceptors (Lipinski definition) is 2. The molecule has 21 heavy (non-hydrogen) atoms. The van der Waals surface area contributed by atoms with E-state index in [0.29, 0.717) is 24.8 Å². The number of alkyl halides is 1. The zero-order valence-corrected chi connectivity index (χ0v) is 12.5. The van der Waals surface area contributed by atoms with Crippen LogP contribution in [0.4, 0.5) is 13.2 Å². The van der Waals surface area contributed by atoms with Crippen LogP contribution in [-0.2, 0) is 0 Å². The number of phenolic OH excluding ortho intramolecular Hbond substituents is 1. The van der Waals surface area contributed by atoms with Crippen LogP contribution in [0.2, 0.25) is 0 Å². The summed E-state index contributed by atoms with van der Waals surface area (Å²) >= 11 is 5.88. The Morgan fingerprint density at radius 3 is 2.33 bits per heavy atom. The fourth-order valence-electron chi connectivity index (χ4n) is 1.85. The number of carbonyl (C=O) groups is 1. The second-order valence-corrected chi connectivity index (χ2v) is 5.17. The van der Waals surface area contributed by atoms with Crippen LogP contribution in [-0.4, -0.2) is 23.4 Å². The maximum Gasteiger partial charge on any atom is 0.254 e. The Balaban J connectivity index is 2.96. The first-order valence-corrected chi connectivity index (χ1v) is 7.06. The van der Waals surface area contributed by atoms with E-state index in [4.69, 9.17) is 16.7 Å². The van der Waals surface area contributed by atoms with Crippen molar-refractivity contribution in [1.29, 1.82) is 0 Å². The highest BCUT2D eigenvalue weighted by atomic mass is 35.5. The van der Waals surface area contributed by atoms with Crippen LogP contribution < -0.4 is 5.32 Å². The van der Waals surface area contributed by atoms with Crippen molar-refractivity contribution in [2.75, 3.05) is 12.4 Å². The number of phenols is 1. The first-order valence-electron chi connectivity index (χ1n) is 6.52. The Hall–Kier alpha value is -1.43. The molecule has 0 aliphatic heterocycles. The van der Waals surface area contributed by atoms with Gasteiger partial charge in [0.05, 0.1) is 5.56 Å². The Morgan fingerprint density at radius 1 is 1.29 bits per heavy atom. The fraction of sp³-hybridized carbons (Fsp3) is 0.500. The molecule has 0 fully saturated rings. The summed E-state index contributed by atoms with van der Waals surface area (Å²) in [5.41, 5.74) is -1.10. The third kappa shape index (κ3) is 3.61. The molecular formula is C14H17ClF3NO2. The van der Waals surface area contributed by atoms with Crippen LogP contribution in [0.3, 0.4) is 0 Å². The molecule has 0 spiro atoms. The molecule has 7 heteroatoms. The molecule has 0 aliphatic carbocycles. The van der Waals surface area contributed by atoms with Crippen LogP contribution in [0.25, 0.3) is 0 Å². The van der Waals surface area contributed by atoms with E-state index < -0.39 is 34.7 Å². The predicted octanol–water partition coefficient (Wildman–Crippen LogP) is 3.58. The van der Waals surface area contributed by atoms with E-state index in [1.165, 1.54) is 0 Å². The van der Waals surface area contributed by atoms with Gasteiger partial charge in [0.1, 0.15) is 0 Å². The topological polar surface area (TPSA) is 49.3 Å². The monoisotopic (exact) mass is 323 g/mol. The standard InChI is InChI=1S/C14H17ClF3NO2/c1-3-14(4-2,6-15)7-19-13(21)8-5-9(16)11(18)12(20)10(8)17/h5,20H,3-4,6-7H2,1-2H3,(H,19,21). The molecule has 118 valence electrons. The van der Waals surface area contributed by atoms with E-state index >= 15 is 0 Å². The van der Waals surface area contributed by atoms with Crippen LogP contribution in [0.5, 0.6) is 5.75 Å². The summed E-state index contributed by atoms with van der Waals surface area (Å²) in [6.45, 7) is 3.98. The highest BCUT2D eigenvalue weighted by Gasteiger charge is 2.28. The van der Waals surface area contributed by atoms with Gasteiger partial charge in [-0.1, -0.05) is 13.8 Å². The van der Waals surface area contributed by atoms with Crippen molar-refractivity contribution < 1.29 is 23.1 Å². The molecule has 1 amide bonds. The first-order chi connectivity index (χ1) is 9.81. The number of benzene rings is 1. The second-order valence-electron chi connectivity index (χ2n) is 4.91. The third-order valence-electron chi connectivity index (χ3n) is 3.79. The second kappa shape index (κ2) is 7.02. The zero-order valence-electron chi connectivity index (χ0n) is 11.8. The molecule has 0 aliphatic rings. The molecule has 1 rings (SSSR count). The fourth-order valence-corrected chi connectivity index (χ4v) is 2.33. The number of amides is 1. The number of hydrogen-bond donors (Lipinski definition) is 2. The van der Waals surface area contributed by atoms with Gasteiger partial charge < -0.3 is 10.4 Å². The Morgan fingerprint density at radius 2 is 1.86 bits per heavy atom. The summed E-state index contributed by atoms with van der Waals surface area (Å²) in [6.07, 6.45) is 1.39. The van der Waals surface area contributed by atoms with Gasteiger partial charge in [-0.25, -0.2) is 8.78 Å². The Labute approximate surface area is 126 Å². The van der Waals surface area contributed by atoms with E-state index in [-0.39, 0.29) is 12.0 Å². The highest BCUT2D eigenvalue weighted by molar-refractivity contribution is 6.18. The largest absolute Gasteiger partial charge is 0.503 e. The molecule has 0 bridgehead atoms. The molecule has 1 aromatic carbocycles. The van der Waals surface area contributed by atoms with Crippen LogP contribution >= 0.6 is 11.6 Å². The average Bonchev–Trinajstić information content (AvgIpc) is 2.50. The van der Waals surface area contributed by atoms with E-state index in [0.717, 1.165) is 0 Å². The molecule has 0 saturated heterocycles. The van der Waals surface area contributed by atoms with Gasteiger partial charge in [-0.2, -0.15) is 4.39 Å². The number of rotatable bonds is 6. The van der Waals surface area contributed by atoms with Gasteiger partial charge in [-0.3, -0.25) is 4.79 Å². The van der Waals surface area contributed by atoms with Crippen molar-refractivity contribution in [1.82, 2.24) is 5.32 Å². The third-order valence-corrected chi connectivity index (χ3v) is 4.35. The normalized spacial score (nSPS) is 11.5. The quantitative estimate of drug-likeness (QED) is 0.621. The first kappa shape index (κ1) is 17.6. The maximum absolute atomic E-state index is 13.6. The van der Waals surface area contributed by atoms with Crippen LogP contribution in [0.1, 0.15) is 37.0 Å². The molecule has 0 aromatic heterocycles. The molecule has 0 unspecified atom stereocenters. The lowest BCUT2D eigenvalue weighted by molar-refractivity contribution is 0.0926. The van der Waals surface area contributed by atoms with Crippen molar-refractivity contribution in [2.24, 2.45) is 5.41 Å². The van der Waals surface area contributed by atoms with Crippen molar-refractivity contribution >= 4 is 17.5 Å². The summed E-state index contributed by atoms with van der Waals surface area (Å²) in [6, 6.07) is 0.417. The zero-order chi connectivity index (χ0) is 16.2. The summed E-state index contributed by atoms with van der Waals surface area (Å²) in [5.74, 6) is -6.84. The number of aromatic hydroxyl groups is 1. The van der Waals surface area contributed by atoms with Gasteiger partial charge in [0.15, 0.2) is 17.4 Å². The van der Waals surface area contributed by atoms with Crippen molar-refractivity contribution in [3.8, 4) is 5.75 Å². The summed E-state index contributed by atoms with van der Waals surface area (Å²) in [4.78, 5) is 11.9. The van der Waals surface area contributed by atoms with Gasteiger partial charge >= 0.3 is 0 Å². The summed E-state index contributed by atoms with van der Waals surface area (Å²) < 4.78 is 39.7. The molecule has 0 atom stereocenters. The van der Waals surface area contributed by atoms with Crippen LogP contribution in [0.15, 0.2) is 6.07 Å². The predicted molar refractivity (Wildman–Crippen MR) is 74.0 cm³/mol. The van der Waals surface area contributed by atoms with E-state index in [9.17, 15) is 18.0 Å². The number of carbonyl (C=O) groups excluding carboxylic acids is 1.